The van der Waals surface area contributed by atoms with Gasteiger partial charge in [-0.15, -0.1) is 10.2 Å². The van der Waals surface area contributed by atoms with Crippen molar-refractivity contribution in [3.8, 4) is 0 Å². The van der Waals surface area contributed by atoms with E-state index in [2.05, 4.69) is 20.4 Å². The van der Waals surface area contributed by atoms with E-state index in [0.717, 1.165) is 23.5 Å². The van der Waals surface area contributed by atoms with Crippen LogP contribution in [0, 0.1) is 6.92 Å². The Morgan fingerprint density at radius 3 is 2.82 bits per heavy atom. The summed E-state index contributed by atoms with van der Waals surface area (Å²) in [6, 6.07) is 1.83. The number of ether oxygens (including phenoxy) is 1. The summed E-state index contributed by atoms with van der Waals surface area (Å²) in [6.07, 6.45) is 5.72. The first-order valence-electron chi connectivity index (χ1n) is 7.70. The molecule has 0 saturated heterocycles. The fraction of sp³-hybridized carbons (Fsp3) is 0.600. The van der Waals surface area contributed by atoms with E-state index in [1.807, 2.05) is 13.0 Å². The van der Waals surface area contributed by atoms with Crippen LogP contribution in [0.1, 0.15) is 77.2 Å². The van der Waals surface area contributed by atoms with Gasteiger partial charge >= 0.3 is 5.97 Å². The molecule has 2 aromatic heterocycles. The summed E-state index contributed by atoms with van der Waals surface area (Å²) in [6.45, 7) is 3.67. The number of rotatable bonds is 4. The Morgan fingerprint density at radius 2 is 2.14 bits per heavy atom. The number of hydrogen-bond acceptors (Lipinski definition) is 6. The molecule has 1 unspecified atom stereocenters. The lowest BCUT2D eigenvalue weighted by Crippen LogP contribution is -2.09. The predicted molar refractivity (Wildman–Crippen MR) is 82.9 cm³/mol. The van der Waals surface area contributed by atoms with Crippen molar-refractivity contribution in [3.05, 3.63) is 27.5 Å². The van der Waals surface area contributed by atoms with Gasteiger partial charge in [0.2, 0.25) is 0 Å². The second kappa shape index (κ2) is 6.56. The van der Waals surface area contributed by atoms with Gasteiger partial charge in [0.1, 0.15) is 5.01 Å². The molecule has 118 valence electrons. The summed E-state index contributed by atoms with van der Waals surface area (Å²) in [5, 5.41) is 16.6. The minimum atomic E-state index is -0.418. The molecular formula is C15H20N4O2S. The first kappa shape index (κ1) is 15.1. The quantitative estimate of drug-likeness (QED) is 0.872. The van der Waals surface area contributed by atoms with E-state index < -0.39 is 12.1 Å². The van der Waals surface area contributed by atoms with Gasteiger partial charge in [-0.1, -0.05) is 30.6 Å². The summed E-state index contributed by atoms with van der Waals surface area (Å²) >= 11 is 1.43. The Bertz CT molecular complexity index is 646. The molecule has 22 heavy (non-hydrogen) atoms. The zero-order valence-corrected chi connectivity index (χ0v) is 13.7. The Balaban J connectivity index is 1.63. The third kappa shape index (κ3) is 3.35. The molecule has 1 saturated carbocycles. The molecule has 2 aromatic rings. The molecule has 3 rings (SSSR count). The number of nitrogens with one attached hydrogen (secondary N) is 1. The summed E-state index contributed by atoms with van der Waals surface area (Å²) < 4.78 is 5.42. The summed E-state index contributed by atoms with van der Waals surface area (Å²) in [7, 11) is 0. The molecule has 1 aliphatic rings. The van der Waals surface area contributed by atoms with Crippen LogP contribution < -0.4 is 0 Å². The van der Waals surface area contributed by atoms with Gasteiger partial charge in [0, 0.05) is 11.6 Å². The van der Waals surface area contributed by atoms with Crippen molar-refractivity contribution in [2.75, 3.05) is 0 Å². The lowest BCUT2D eigenvalue weighted by molar-refractivity contribution is 0.0329. The number of carbonyl (C=O) groups is 1. The zero-order valence-electron chi connectivity index (χ0n) is 12.8. The van der Waals surface area contributed by atoms with Crippen LogP contribution >= 0.6 is 11.3 Å². The van der Waals surface area contributed by atoms with Crippen LogP contribution in [-0.2, 0) is 4.74 Å². The highest BCUT2D eigenvalue weighted by molar-refractivity contribution is 7.11. The van der Waals surface area contributed by atoms with Crippen LogP contribution in [0.25, 0.3) is 0 Å². The molecule has 1 aliphatic carbocycles. The molecule has 2 heterocycles. The van der Waals surface area contributed by atoms with E-state index >= 15 is 0 Å². The minimum absolute atomic E-state index is 0.341. The normalized spacial score (nSPS) is 17.4. The first-order valence-corrected chi connectivity index (χ1v) is 8.51. The van der Waals surface area contributed by atoms with Gasteiger partial charge in [0.15, 0.2) is 16.8 Å². The Hall–Kier alpha value is -1.76. The van der Waals surface area contributed by atoms with Crippen molar-refractivity contribution in [2.24, 2.45) is 0 Å². The van der Waals surface area contributed by atoms with Gasteiger partial charge in [-0.25, -0.2) is 4.79 Å². The number of aromatic amines is 1. The van der Waals surface area contributed by atoms with Crippen LogP contribution in [0.2, 0.25) is 0 Å². The molecule has 0 aromatic carbocycles. The summed E-state index contributed by atoms with van der Waals surface area (Å²) in [5.41, 5.74) is 1.39. The summed E-state index contributed by atoms with van der Waals surface area (Å²) in [5.74, 6) is 0.0738. The van der Waals surface area contributed by atoms with E-state index in [1.54, 1.807) is 6.92 Å². The molecule has 1 atom stereocenters. The topological polar surface area (TPSA) is 80.8 Å². The number of carbonyl (C=O) groups excluding carboxylic acids is 1. The third-order valence-electron chi connectivity index (χ3n) is 4.03. The number of nitrogens with zero attached hydrogens (tertiary/aromatic N) is 3. The van der Waals surface area contributed by atoms with Gasteiger partial charge in [-0.05, 0) is 32.8 Å². The highest BCUT2D eigenvalue weighted by Crippen LogP contribution is 2.32. The number of hydrogen-bond donors (Lipinski definition) is 1. The van der Waals surface area contributed by atoms with Crippen LogP contribution in [-0.4, -0.2) is 26.4 Å². The second-order valence-electron chi connectivity index (χ2n) is 5.75. The molecule has 1 fully saturated rings. The van der Waals surface area contributed by atoms with Gasteiger partial charge in [-0.3, -0.25) is 5.10 Å². The standard InChI is InChI=1S/C15H20N4O2S/c1-9(14-19-16-10(2)22-14)21-15(20)13-8-12(17-18-13)11-6-4-3-5-7-11/h8-9,11H,3-7H2,1-2H3,(H,17,18). The molecule has 1 N–H and O–H groups in total. The van der Waals surface area contributed by atoms with Crippen LogP contribution in [0.5, 0.6) is 0 Å². The lowest BCUT2D eigenvalue weighted by Gasteiger charge is -2.19. The molecule has 6 nitrogen and oxygen atoms in total. The van der Waals surface area contributed by atoms with Crippen LogP contribution in [0.4, 0.5) is 0 Å². The maximum absolute atomic E-state index is 12.2. The van der Waals surface area contributed by atoms with Crippen molar-refractivity contribution in [2.45, 2.75) is 58.0 Å². The zero-order chi connectivity index (χ0) is 15.5. The molecule has 0 bridgehead atoms. The highest BCUT2D eigenvalue weighted by Gasteiger charge is 2.22. The highest BCUT2D eigenvalue weighted by atomic mass is 32.1. The van der Waals surface area contributed by atoms with Gasteiger partial charge in [-0.2, -0.15) is 5.10 Å². The molecule has 0 radical (unpaired) electrons. The van der Waals surface area contributed by atoms with Crippen molar-refractivity contribution in [3.63, 3.8) is 0 Å². The maximum Gasteiger partial charge on any atom is 0.359 e. The summed E-state index contributed by atoms with van der Waals surface area (Å²) in [4.78, 5) is 12.2. The van der Waals surface area contributed by atoms with E-state index in [1.165, 1.54) is 30.6 Å². The smallest absolute Gasteiger partial charge is 0.359 e. The number of H-pyrrole nitrogens is 1. The largest absolute Gasteiger partial charge is 0.450 e. The Kier molecular flexibility index (Phi) is 4.52. The number of esters is 1. The predicted octanol–water partition coefficient (Wildman–Crippen LogP) is 3.54. The van der Waals surface area contributed by atoms with E-state index in [-0.39, 0.29) is 0 Å². The lowest BCUT2D eigenvalue weighted by atomic mass is 9.87. The fourth-order valence-electron chi connectivity index (χ4n) is 2.81. The number of aromatic nitrogens is 4. The SMILES string of the molecule is Cc1nnc(C(C)OC(=O)c2cc(C3CCCCC3)[nH]n2)s1. The van der Waals surface area contributed by atoms with E-state index in [0.29, 0.717) is 16.6 Å². The first-order chi connectivity index (χ1) is 10.6. The molecule has 7 heteroatoms. The molecular weight excluding hydrogens is 300 g/mol. The number of aryl methyl sites for hydroxylation is 1. The Morgan fingerprint density at radius 1 is 1.36 bits per heavy atom. The molecule has 0 aliphatic heterocycles. The average molecular weight is 320 g/mol. The Labute approximate surface area is 133 Å². The van der Waals surface area contributed by atoms with Crippen molar-refractivity contribution in [1.29, 1.82) is 0 Å². The molecule has 0 amide bonds. The van der Waals surface area contributed by atoms with E-state index in [9.17, 15) is 4.79 Å². The van der Waals surface area contributed by atoms with Crippen molar-refractivity contribution in [1.82, 2.24) is 20.4 Å². The van der Waals surface area contributed by atoms with Crippen LogP contribution in [0.15, 0.2) is 6.07 Å². The second-order valence-corrected chi connectivity index (χ2v) is 6.96. The maximum atomic E-state index is 12.2. The molecule has 0 spiro atoms. The van der Waals surface area contributed by atoms with Gasteiger partial charge in [0.05, 0.1) is 0 Å². The third-order valence-corrected chi connectivity index (χ3v) is 5.02. The van der Waals surface area contributed by atoms with Gasteiger partial charge in [0.25, 0.3) is 0 Å². The van der Waals surface area contributed by atoms with Gasteiger partial charge < -0.3 is 4.74 Å². The average Bonchev–Trinajstić information content (AvgIpc) is 3.17. The van der Waals surface area contributed by atoms with E-state index in [4.69, 9.17) is 4.74 Å². The van der Waals surface area contributed by atoms with Crippen molar-refractivity contribution < 1.29 is 9.53 Å². The fourth-order valence-corrected chi connectivity index (χ4v) is 3.49. The van der Waals surface area contributed by atoms with Crippen molar-refractivity contribution >= 4 is 17.3 Å². The van der Waals surface area contributed by atoms with Crippen LogP contribution in [0.3, 0.4) is 0 Å². The monoisotopic (exact) mass is 320 g/mol. The minimum Gasteiger partial charge on any atom is -0.450 e.